The largest absolute Gasteiger partial charge is 0.338 e. The number of carbonyl (C=O) groups excluding carboxylic acids is 3. The van der Waals surface area contributed by atoms with Crippen LogP contribution in [0, 0.1) is 0 Å². The second kappa shape index (κ2) is 14.6. The van der Waals surface area contributed by atoms with Gasteiger partial charge in [-0.15, -0.1) is 0 Å². The Morgan fingerprint density at radius 3 is 1.73 bits per heavy atom. The zero-order valence-corrected chi connectivity index (χ0v) is 16.5. The SMILES string of the molecule is CCCCCCCCCCCCCCCCNC(=O)N1CC(=O)NC1=O. The summed E-state index contributed by atoms with van der Waals surface area (Å²) in [6.07, 6.45) is 18.1. The molecule has 0 saturated carbocycles. The van der Waals surface area contributed by atoms with Gasteiger partial charge < -0.3 is 5.32 Å². The highest BCUT2D eigenvalue weighted by atomic mass is 16.2. The van der Waals surface area contributed by atoms with Gasteiger partial charge in [0.15, 0.2) is 0 Å². The van der Waals surface area contributed by atoms with E-state index in [-0.39, 0.29) is 6.54 Å². The first kappa shape index (κ1) is 22.5. The maximum absolute atomic E-state index is 11.7. The summed E-state index contributed by atoms with van der Waals surface area (Å²) in [6.45, 7) is 2.63. The molecule has 0 aromatic rings. The number of carbonyl (C=O) groups is 3. The van der Waals surface area contributed by atoms with Gasteiger partial charge >= 0.3 is 12.1 Å². The van der Waals surface area contributed by atoms with Crippen LogP contribution in [0.5, 0.6) is 0 Å². The van der Waals surface area contributed by atoms with Gasteiger partial charge in [0.1, 0.15) is 6.54 Å². The van der Waals surface area contributed by atoms with Crippen molar-refractivity contribution in [2.45, 2.75) is 96.8 Å². The molecule has 5 amide bonds. The number of imide groups is 2. The molecule has 0 spiro atoms. The molecule has 0 aromatic carbocycles. The van der Waals surface area contributed by atoms with Crippen LogP contribution in [-0.4, -0.2) is 36.0 Å². The molecule has 1 saturated heterocycles. The molecule has 150 valence electrons. The van der Waals surface area contributed by atoms with Crippen molar-refractivity contribution in [1.82, 2.24) is 15.5 Å². The summed E-state index contributed by atoms with van der Waals surface area (Å²) in [5.74, 6) is -0.429. The molecule has 1 aliphatic rings. The van der Waals surface area contributed by atoms with E-state index < -0.39 is 18.0 Å². The van der Waals surface area contributed by atoms with Crippen LogP contribution in [0.25, 0.3) is 0 Å². The van der Waals surface area contributed by atoms with Gasteiger partial charge in [0, 0.05) is 6.54 Å². The first-order chi connectivity index (χ1) is 12.6. The Kier molecular flexibility index (Phi) is 12.6. The second-order valence-corrected chi connectivity index (χ2v) is 7.27. The Labute approximate surface area is 158 Å². The molecule has 0 aliphatic carbocycles. The Bertz CT molecular complexity index is 427. The molecule has 1 fully saturated rings. The van der Waals surface area contributed by atoms with Crippen LogP contribution in [0.2, 0.25) is 0 Å². The van der Waals surface area contributed by atoms with E-state index in [4.69, 9.17) is 0 Å². The minimum Gasteiger partial charge on any atom is -0.338 e. The van der Waals surface area contributed by atoms with Gasteiger partial charge in [-0.25, -0.2) is 14.5 Å². The van der Waals surface area contributed by atoms with Crippen LogP contribution in [-0.2, 0) is 4.79 Å². The molecule has 0 atom stereocenters. The van der Waals surface area contributed by atoms with Gasteiger partial charge in [-0.1, -0.05) is 90.4 Å². The average Bonchev–Trinajstić information content (AvgIpc) is 2.96. The number of rotatable bonds is 15. The fourth-order valence-electron chi connectivity index (χ4n) is 3.22. The number of unbranched alkanes of at least 4 members (excludes halogenated alkanes) is 13. The second-order valence-electron chi connectivity index (χ2n) is 7.27. The maximum Gasteiger partial charge on any atom is 0.332 e. The van der Waals surface area contributed by atoms with Gasteiger partial charge in [-0.05, 0) is 6.42 Å². The zero-order valence-electron chi connectivity index (χ0n) is 16.5. The normalized spacial score (nSPS) is 14.0. The van der Waals surface area contributed by atoms with Gasteiger partial charge in [0.2, 0.25) is 5.91 Å². The fourth-order valence-corrected chi connectivity index (χ4v) is 3.22. The number of hydrogen-bond acceptors (Lipinski definition) is 3. The molecule has 6 heteroatoms. The predicted octanol–water partition coefficient (Wildman–Crippen LogP) is 4.73. The quantitative estimate of drug-likeness (QED) is 0.324. The minimum atomic E-state index is -0.631. The highest BCUT2D eigenvalue weighted by molar-refractivity contribution is 6.09. The third-order valence-electron chi connectivity index (χ3n) is 4.84. The summed E-state index contributed by atoms with van der Waals surface area (Å²) in [5, 5.41) is 4.78. The van der Waals surface area contributed by atoms with E-state index in [0.29, 0.717) is 6.54 Å². The topological polar surface area (TPSA) is 78.5 Å². The van der Waals surface area contributed by atoms with Crippen molar-refractivity contribution in [1.29, 1.82) is 0 Å². The molecular formula is C20H37N3O3. The smallest absolute Gasteiger partial charge is 0.332 e. The molecule has 2 N–H and O–H groups in total. The van der Waals surface area contributed by atoms with Crippen LogP contribution >= 0.6 is 0 Å². The van der Waals surface area contributed by atoms with Crippen molar-refractivity contribution in [2.24, 2.45) is 0 Å². The lowest BCUT2D eigenvalue weighted by molar-refractivity contribution is -0.118. The van der Waals surface area contributed by atoms with E-state index in [2.05, 4.69) is 17.6 Å². The third-order valence-corrected chi connectivity index (χ3v) is 4.84. The Hall–Kier alpha value is -1.59. The average molecular weight is 368 g/mol. The van der Waals surface area contributed by atoms with Crippen LogP contribution in [0.1, 0.15) is 96.8 Å². The molecule has 0 aromatic heterocycles. The lowest BCUT2D eigenvalue weighted by Gasteiger charge is -2.12. The van der Waals surface area contributed by atoms with E-state index >= 15 is 0 Å². The molecule has 0 bridgehead atoms. The maximum atomic E-state index is 11.7. The molecule has 6 nitrogen and oxygen atoms in total. The van der Waals surface area contributed by atoms with E-state index in [0.717, 1.165) is 17.7 Å². The van der Waals surface area contributed by atoms with E-state index in [1.165, 1.54) is 77.0 Å². The van der Waals surface area contributed by atoms with Crippen LogP contribution in [0.15, 0.2) is 0 Å². The molecule has 0 radical (unpaired) electrons. The number of urea groups is 2. The summed E-state index contributed by atoms with van der Waals surface area (Å²) < 4.78 is 0. The zero-order chi connectivity index (χ0) is 19.0. The van der Waals surface area contributed by atoms with Crippen molar-refractivity contribution >= 4 is 18.0 Å². The standard InChI is InChI=1S/C20H37N3O3/c1-2-3-4-5-6-7-8-9-10-11-12-13-14-15-16-21-19(25)23-17-18(24)22-20(23)26/h2-17H2,1H3,(H,21,25)(H,22,24,26). The number of amides is 5. The van der Waals surface area contributed by atoms with E-state index in [1.54, 1.807) is 0 Å². The van der Waals surface area contributed by atoms with E-state index in [9.17, 15) is 14.4 Å². The van der Waals surface area contributed by atoms with Crippen LogP contribution < -0.4 is 10.6 Å². The van der Waals surface area contributed by atoms with Gasteiger partial charge in [-0.3, -0.25) is 10.1 Å². The van der Waals surface area contributed by atoms with Gasteiger partial charge in [0.05, 0.1) is 0 Å². The first-order valence-corrected chi connectivity index (χ1v) is 10.5. The monoisotopic (exact) mass is 367 g/mol. The molecule has 1 rings (SSSR count). The van der Waals surface area contributed by atoms with Gasteiger partial charge in [-0.2, -0.15) is 0 Å². The summed E-state index contributed by atoms with van der Waals surface area (Å²) in [7, 11) is 0. The Morgan fingerprint density at radius 2 is 1.31 bits per heavy atom. The number of hydrogen-bond donors (Lipinski definition) is 2. The summed E-state index contributed by atoms with van der Waals surface area (Å²) >= 11 is 0. The van der Waals surface area contributed by atoms with Crippen molar-refractivity contribution in [3.05, 3.63) is 0 Å². The highest BCUT2D eigenvalue weighted by Gasteiger charge is 2.31. The van der Waals surface area contributed by atoms with Crippen molar-refractivity contribution in [3.8, 4) is 0 Å². The highest BCUT2D eigenvalue weighted by Crippen LogP contribution is 2.12. The number of nitrogens with zero attached hydrogens (tertiary/aromatic N) is 1. The Balaban J connectivity index is 1.80. The third kappa shape index (κ3) is 10.4. The molecule has 26 heavy (non-hydrogen) atoms. The molecular weight excluding hydrogens is 330 g/mol. The van der Waals surface area contributed by atoms with Crippen molar-refractivity contribution in [2.75, 3.05) is 13.1 Å². The van der Waals surface area contributed by atoms with Crippen molar-refractivity contribution < 1.29 is 14.4 Å². The fraction of sp³-hybridized carbons (Fsp3) is 0.850. The lowest BCUT2D eigenvalue weighted by Crippen LogP contribution is -2.42. The first-order valence-electron chi connectivity index (χ1n) is 10.5. The number of nitrogens with one attached hydrogen (secondary N) is 2. The van der Waals surface area contributed by atoms with Gasteiger partial charge in [0.25, 0.3) is 0 Å². The summed E-state index contributed by atoms with van der Waals surface area (Å²) in [5.41, 5.74) is 0. The molecule has 0 unspecified atom stereocenters. The Morgan fingerprint density at radius 1 is 0.846 bits per heavy atom. The van der Waals surface area contributed by atoms with Crippen molar-refractivity contribution in [3.63, 3.8) is 0 Å². The van der Waals surface area contributed by atoms with Crippen LogP contribution in [0.4, 0.5) is 9.59 Å². The lowest BCUT2D eigenvalue weighted by atomic mass is 10.0. The minimum absolute atomic E-state index is 0.177. The van der Waals surface area contributed by atoms with Crippen LogP contribution in [0.3, 0.4) is 0 Å². The molecule has 1 aliphatic heterocycles. The summed E-state index contributed by atoms with van der Waals surface area (Å²) in [4.78, 5) is 35.0. The van der Waals surface area contributed by atoms with E-state index in [1.807, 2.05) is 0 Å². The predicted molar refractivity (Wildman–Crippen MR) is 104 cm³/mol. The summed E-state index contributed by atoms with van der Waals surface area (Å²) in [6, 6.07) is -1.11. The molecule has 1 heterocycles.